The number of fused-ring (bicyclic) bond motifs is 1. The van der Waals surface area contributed by atoms with E-state index in [4.69, 9.17) is 9.47 Å². The van der Waals surface area contributed by atoms with Gasteiger partial charge in [0.2, 0.25) is 5.91 Å². The van der Waals surface area contributed by atoms with Crippen molar-refractivity contribution in [2.75, 3.05) is 7.11 Å². The Morgan fingerprint density at radius 3 is 2.31 bits per heavy atom. The van der Waals surface area contributed by atoms with Crippen molar-refractivity contribution in [3.8, 4) is 0 Å². The molecule has 0 saturated heterocycles. The molecule has 1 heterocycles. The van der Waals surface area contributed by atoms with Gasteiger partial charge in [-0.25, -0.2) is 9.59 Å². The molecule has 0 saturated carbocycles. The van der Waals surface area contributed by atoms with Gasteiger partial charge in [0.25, 0.3) is 0 Å². The quantitative estimate of drug-likeness (QED) is 0.440. The van der Waals surface area contributed by atoms with E-state index < -0.39 is 30.1 Å². The number of rotatable bonds is 7. The molecule has 1 aliphatic rings. The number of carbonyl (C=O) groups excluding carboxylic acids is 3. The third-order valence-electron chi connectivity index (χ3n) is 6.15. The summed E-state index contributed by atoms with van der Waals surface area (Å²) in [6.07, 6.45) is -0.0155. The number of halogens is 1. The second-order valence-electron chi connectivity index (χ2n) is 8.57. The molecule has 2 amide bonds. The molecular formula is C28H27BrN2O5. The summed E-state index contributed by atoms with van der Waals surface area (Å²) in [4.78, 5) is 40.6. The van der Waals surface area contributed by atoms with Gasteiger partial charge in [-0.1, -0.05) is 82.7 Å². The number of carbonyl (C=O) groups is 3. The van der Waals surface area contributed by atoms with Crippen molar-refractivity contribution in [2.45, 2.75) is 38.1 Å². The van der Waals surface area contributed by atoms with Crippen LogP contribution in [0.3, 0.4) is 0 Å². The van der Waals surface area contributed by atoms with Crippen LogP contribution in [0, 0.1) is 0 Å². The Labute approximate surface area is 218 Å². The number of amides is 2. The van der Waals surface area contributed by atoms with Gasteiger partial charge < -0.3 is 14.8 Å². The smallest absolute Gasteiger partial charge is 0.411 e. The second kappa shape index (κ2) is 11.9. The number of esters is 1. The summed E-state index contributed by atoms with van der Waals surface area (Å²) >= 11 is 3.40. The fourth-order valence-electron chi connectivity index (χ4n) is 4.21. The third-order valence-corrected chi connectivity index (χ3v) is 6.67. The van der Waals surface area contributed by atoms with Gasteiger partial charge >= 0.3 is 12.1 Å². The SMILES string of the molecule is COC(=O)[C@H](Cc1ccc(Br)cc1)NC(=O)[C@@H]1Cc2ccccc2CN1C(=O)OCc1ccccc1. The van der Waals surface area contributed by atoms with Crippen molar-refractivity contribution in [1.29, 1.82) is 0 Å². The molecule has 4 rings (SSSR count). The zero-order valence-electron chi connectivity index (χ0n) is 19.9. The first-order chi connectivity index (χ1) is 17.4. The van der Waals surface area contributed by atoms with Gasteiger partial charge in [0.1, 0.15) is 18.7 Å². The first-order valence-electron chi connectivity index (χ1n) is 11.6. The van der Waals surface area contributed by atoms with E-state index in [1.54, 1.807) is 0 Å². The van der Waals surface area contributed by atoms with Crippen LogP contribution in [0.2, 0.25) is 0 Å². The lowest BCUT2D eigenvalue weighted by Gasteiger charge is -2.35. The Balaban J connectivity index is 1.52. The molecule has 1 N–H and O–H groups in total. The number of benzene rings is 3. The molecule has 3 aromatic rings. The number of nitrogens with one attached hydrogen (secondary N) is 1. The van der Waals surface area contributed by atoms with E-state index in [2.05, 4.69) is 21.2 Å². The van der Waals surface area contributed by atoms with Gasteiger partial charge in [0.15, 0.2) is 0 Å². The van der Waals surface area contributed by atoms with Crippen molar-refractivity contribution in [3.63, 3.8) is 0 Å². The fourth-order valence-corrected chi connectivity index (χ4v) is 4.48. The molecule has 0 aromatic heterocycles. The van der Waals surface area contributed by atoms with Gasteiger partial charge in [-0.15, -0.1) is 0 Å². The van der Waals surface area contributed by atoms with E-state index in [1.807, 2.05) is 78.9 Å². The minimum absolute atomic E-state index is 0.0977. The van der Waals surface area contributed by atoms with Gasteiger partial charge in [0, 0.05) is 17.3 Å². The average Bonchev–Trinajstić information content (AvgIpc) is 2.91. The molecule has 0 unspecified atom stereocenters. The summed E-state index contributed by atoms with van der Waals surface area (Å²) in [6.45, 7) is 0.331. The van der Waals surface area contributed by atoms with Crippen molar-refractivity contribution >= 4 is 33.9 Å². The Morgan fingerprint density at radius 2 is 1.61 bits per heavy atom. The summed E-state index contributed by atoms with van der Waals surface area (Å²) in [6, 6.07) is 22.8. The molecule has 0 spiro atoms. The summed E-state index contributed by atoms with van der Waals surface area (Å²) in [5, 5.41) is 2.82. The topological polar surface area (TPSA) is 84.9 Å². The summed E-state index contributed by atoms with van der Waals surface area (Å²) < 4.78 is 11.4. The largest absolute Gasteiger partial charge is 0.467 e. The molecule has 8 heteroatoms. The first-order valence-corrected chi connectivity index (χ1v) is 12.4. The van der Waals surface area contributed by atoms with Crippen LogP contribution in [0.5, 0.6) is 0 Å². The normalized spacial score (nSPS) is 15.4. The molecular weight excluding hydrogens is 524 g/mol. The van der Waals surface area contributed by atoms with Crippen LogP contribution in [0.4, 0.5) is 4.79 Å². The van der Waals surface area contributed by atoms with E-state index in [1.165, 1.54) is 12.0 Å². The fraction of sp³-hybridized carbons (Fsp3) is 0.250. The lowest BCUT2D eigenvalue weighted by molar-refractivity contribution is -0.145. The van der Waals surface area contributed by atoms with Crippen LogP contribution in [-0.4, -0.2) is 42.1 Å². The molecule has 0 aliphatic carbocycles. The van der Waals surface area contributed by atoms with Gasteiger partial charge in [-0.05, 0) is 34.4 Å². The van der Waals surface area contributed by atoms with Crippen molar-refractivity contribution in [2.24, 2.45) is 0 Å². The molecule has 36 heavy (non-hydrogen) atoms. The molecule has 0 fully saturated rings. The van der Waals surface area contributed by atoms with E-state index >= 15 is 0 Å². The van der Waals surface area contributed by atoms with Crippen LogP contribution in [0.15, 0.2) is 83.3 Å². The van der Waals surface area contributed by atoms with Gasteiger partial charge in [0.05, 0.1) is 13.7 Å². The van der Waals surface area contributed by atoms with Crippen molar-refractivity contribution in [1.82, 2.24) is 10.2 Å². The zero-order valence-corrected chi connectivity index (χ0v) is 21.4. The molecule has 0 bridgehead atoms. The Bertz CT molecular complexity index is 1220. The molecule has 2 atom stereocenters. The van der Waals surface area contributed by atoms with Crippen LogP contribution in [-0.2, 0) is 45.1 Å². The number of hydrogen-bond donors (Lipinski definition) is 1. The predicted octanol–water partition coefficient (Wildman–Crippen LogP) is 4.41. The maximum atomic E-state index is 13.5. The highest BCUT2D eigenvalue weighted by Crippen LogP contribution is 2.25. The average molecular weight is 551 g/mol. The van der Waals surface area contributed by atoms with E-state index in [-0.39, 0.29) is 19.6 Å². The third kappa shape index (κ3) is 6.31. The monoisotopic (exact) mass is 550 g/mol. The first kappa shape index (κ1) is 25.4. The highest BCUT2D eigenvalue weighted by Gasteiger charge is 2.37. The highest BCUT2D eigenvalue weighted by atomic mass is 79.9. The Kier molecular flexibility index (Phi) is 8.38. The maximum Gasteiger partial charge on any atom is 0.411 e. The van der Waals surface area contributed by atoms with Crippen molar-refractivity contribution < 1.29 is 23.9 Å². The van der Waals surface area contributed by atoms with Crippen LogP contribution >= 0.6 is 15.9 Å². The number of ether oxygens (including phenoxy) is 2. The zero-order chi connectivity index (χ0) is 25.5. The summed E-state index contributed by atoms with van der Waals surface area (Å²) in [5.74, 6) is -0.991. The minimum Gasteiger partial charge on any atom is -0.467 e. The van der Waals surface area contributed by atoms with Crippen LogP contribution in [0.1, 0.15) is 22.3 Å². The van der Waals surface area contributed by atoms with Gasteiger partial charge in [-0.3, -0.25) is 9.69 Å². The summed E-state index contributed by atoms with van der Waals surface area (Å²) in [5.41, 5.74) is 3.65. The number of methoxy groups -OCH3 is 1. The second-order valence-corrected chi connectivity index (χ2v) is 9.49. The summed E-state index contributed by atoms with van der Waals surface area (Å²) in [7, 11) is 1.28. The Morgan fingerprint density at radius 1 is 0.944 bits per heavy atom. The molecule has 0 radical (unpaired) electrons. The van der Waals surface area contributed by atoms with Crippen LogP contribution in [0.25, 0.3) is 0 Å². The maximum absolute atomic E-state index is 13.5. The van der Waals surface area contributed by atoms with E-state index in [9.17, 15) is 14.4 Å². The van der Waals surface area contributed by atoms with Crippen LogP contribution < -0.4 is 5.32 Å². The van der Waals surface area contributed by atoms with E-state index in [0.717, 1.165) is 26.7 Å². The minimum atomic E-state index is -0.900. The van der Waals surface area contributed by atoms with E-state index in [0.29, 0.717) is 6.42 Å². The standard InChI is InChI=1S/C28H27BrN2O5/c1-35-27(33)24(15-19-11-13-23(29)14-12-19)30-26(32)25-16-21-9-5-6-10-22(21)17-31(25)28(34)36-18-20-7-3-2-4-8-20/h2-14,24-25H,15-18H2,1H3,(H,30,32)/t24-,25-/m0/s1. The highest BCUT2D eigenvalue weighted by molar-refractivity contribution is 9.10. The lowest BCUT2D eigenvalue weighted by atomic mass is 9.93. The molecule has 1 aliphatic heterocycles. The predicted molar refractivity (Wildman–Crippen MR) is 138 cm³/mol. The Hall–Kier alpha value is -3.65. The number of hydrogen-bond acceptors (Lipinski definition) is 5. The van der Waals surface area contributed by atoms with Gasteiger partial charge in [-0.2, -0.15) is 0 Å². The molecule has 3 aromatic carbocycles. The van der Waals surface area contributed by atoms with Crippen molar-refractivity contribution in [3.05, 3.63) is 106 Å². The lowest BCUT2D eigenvalue weighted by Crippen LogP contribution is -2.56. The molecule has 186 valence electrons. The number of nitrogens with zero attached hydrogens (tertiary/aromatic N) is 1. The molecule has 7 nitrogen and oxygen atoms in total.